The van der Waals surface area contributed by atoms with E-state index in [0.717, 1.165) is 0 Å². The van der Waals surface area contributed by atoms with E-state index in [1.54, 1.807) is 18.4 Å². The molecule has 21 heavy (non-hydrogen) atoms. The van der Waals surface area contributed by atoms with E-state index in [1.165, 1.54) is 17.5 Å². The number of aliphatic hydroxyl groups is 1. The molecule has 3 N–H and O–H groups in total. The lowest BCUT2D eigenvalue weighted by atomic mass is 10.0. The first-order valence-corrected chi connectivity index (χ1v) is 8.94. The first kappa shape index (κ1) is 16.2. The van der Waals surface area contributed by atoms with Crippen LogP contribution < -0.4 is 4.72 Å². The molecule has 2 rings (SSSR count). The second-order valence-corrected chi connectivity index (χ2v) is 7.91. The van der Waals surface area contributed by atoms with E-state index in [4.69, 9.17) is 0 Å². The molecule has 2 aromatic rings. The fourth-order valence-electron chi connectivity index (χ4n) is 1.74. The zero-order valence-corrected chi connectivity index (χ0v) is 13.8. The van der Waals surface area contributed by atoms with E-state index >= 15 is 0 Å². The van der Waals surface area contributed by atoms with Crippen LogP contribution in [0.25, 0.3) is 0 Å². The molecule has 0 aromatic carbocycles. The molecule has 8 heteroatoms. The molecule has 0 amide bonds. The van der Waals surface area contributed by atoms with Gasteiger partial charge >= 0.3 is 0 Å². The topological polar surface area (TPSA) is 95.1 Å². The largest absolute Gasteiger partial charge is 0.384 e. The van der Waals surface area contributed by atoms with Crippen molar-refractivity contribution in [1.82, 2.24) is 14.7 Å². The van der Waals surface area contributed by atoms with Crippen LogP contribution in [0.2, 0.25) is 0 Å². The smallest absolute Gasteiger partial charge is 0.257 e. The predicted molar refractivity (Wildman–Crippen MR) is 81.8 cm³/mol. The van der Waals surface area contributed by atoms with Crippen molar-refractivity contribution in [2.24, 2.45) is 0 Å². The van der Waals surface area contributed by atoms with Gasteiger partial charge in [-0.05, 0) is 29.3 Å². The molecule has 1 atom stereocenters. The number of aromatic amines is 1. The van der Waals surface area contributed by atoms with E-state index in [2.05, 4.69) is 14.7 Å². The van der Waals surface area contributed by atoms with Crippen molar-refractivity contribution in [2.45, 2.75) is 37.3 Å². The van der Waals surface area contributed by atoms with Crippen LogP contribution >= 0.6 is 11.3 Å². The summed E-state index contributed by atoms with van der Waals surface area (Å²) < 4.78 is 26.8. The summed E-state index contributed by atoms with van der Waals surface area (Å²) in [7, 11) is -3.72. The highest BCUT2D eigenvalue weighted by Gasteiger charge is 2.27. The zero-order chi connectivity index (χ0) is 15.7. The standard InChI is InChI=1S/C13H19N3O3S2/c1-9(2)12-14-6-11(16-12)21(18,19)15-8-13(3,17)10-4-5-20-7-10/h4-7,9,15,17H,8H2,1-3H3,(H,14,16). The van der Waals surface area contributed by atoms with Gasteiger partial charge in [-0.25, -0.2) is 18.1 Å². The van der Waals surface area contributed by atoms with Crippen LogP contribution in [-0.2, 0) is 15.6 Å². The summed E-state index contributed by atoms with van der Waals surface area (Å²) in [4.78, 5) is 6.82. The normalized spacial score (nSPS) is 15.3. The number of H-pyrrole nitrogens is 1. The Morgan fingerprint density at radius 3 is 2.76 bits per heavy atom. The fourth-order valence-corrected chi connectivity index (χ4v) is 3.58. The minimum atomic E-state index is -3.72. The average molecular weight is 329 g/mol. The number of hydrogen-bond acceptors (Lipinski definition) is 5. The molecule has 6 nitrogen and oxygen atoms in total. The van der Waals surface area contributed by atoms with Gasteiger partial charge in [0.05, 0.1) is 6.20 Å². The maximum atomic E-state index is 12.2. The second-order valence-electron chi connectivity index (χ2n) is 5.40. The summed E-state index contributed by atoms with van der Waals surface area (Å²) in [6.07, 6.45) is 1.29. The SMILES string of the molecule is CC(C)c1ncc(S(=O)(=O)NCC(C)(O)c2ccsc2)[nH]1. The van der Waals surface area contributed by atoms with E-state index in [0.29, 0.717) is 11.4 Å². The van der Waals surface area contributed by atoms with E-state index in [-0.39, 0.29) is 17.5 Å². The number of nitrogens with zero attached hydrogens (tertiary/aromatic N) is 1. The monoisotopic (exact) mass is 329 g/mol. The van der Waals surface area contributed by atoms with Gasteiger partial charge in [-0.2, -0.15) is 11.3 Å². The Balaban J connectivity index is 2.11. The Hall–Kier alpha value is -1.22. The Kier molecular flexibility index (Phi) is 4.52. The third-order valence-electron chi connectivity index (χ3n) is 3.16. The molecule has 0 aliphatic rings. The van der Waals surface area contributed by atoms with Crippen LogP contribution in [0.4, 0.5) is 0 Å². The lowest BCUT2D eigenvalue weighted by Gasteiger charge is -2.22. The summed E-state index contributed by atoms with van der Waals surface area (Å²) in [5.41, 5.74) is -0.573. The molecule has 0 saturated heterocycles. The van der Waals surface area contributed by atoms with Gasteiger partial charge in [0.15, 0.2) is 5.03 Å². The number of rotatable bonds is 6. The molecule has 0 fully saturated rings. The molecule has 0 aliphatic carbocycles. The highest BCUT2D eigenvalue weighted by atomic mass is 32.2. The summed E-state index contributed by atoms with van der Waals surface area (Å²) in [5, 5.41) is 14.0. The molecule has 0 bridgehead atoms. The number of sulfonamides is 1. The van der Waals surface area contributed by atoms with Gasteiger partial charge in [0.1, 0.15) is 11.4 Å². The maximum Gasteiger partial charge on any atom is 0.257 e. The lowest BCUT2D eigenvalue weighted by Crippen LogP contribution is -2.38. The molecule has 2 aromatic heterocycles. The van der Waals surface area contributed by atoms with Crippen molar-refractivity contribution in [3.05, 3.63) is 34.4 Å². The first-order chi connectivity index (χ1) is 9.72. The van der Waals surface area contributed by atoms with Crippen molar-refractivity contribution < 1.29 is 13.5 Å². The number of imidazole rings is 1. The number of thiophene rings is 1. The van der Waals surface area contributed by atoms with E-state index in [1.807, 2.05) is 19.2 Å². The number of hydrogen-bond donors (Lipinski definition) is 3. The highest BCUT2D eigenvalue weighted by Crippen LogP contribution is 2.23. The van der Waals surface area contributed by atoms with Crippen molar-refractivity contribution >= 4 is 21.4 Å². The molecule has 0 radical (unpaired) electrons. The van der Waals surface area contributed by atoms with Crippen LogP contribution in [0.1, 0.15) is 38.1 Å². The molecule has 0 aliphatic heterocycles. The molecular weight excluding hydrogens is 310 g/mol. The van der Waals surface area contributed by atoms with Crippen molar-refractivity contribution in [3.63, 3.8) is 0 Å². The second kappa shape index (κ2) is 5.88. The number of nitrogens with one attached hydrogen (secondary N) is 2. The van der Waals surface area contributed by atoms with E-state index in [9.17, 15) is 13.5 Å². The summed E-state index contributed by atoms with van der Waals surface area (Å²) in [5.74, 6) is 0.725. The van der Waals surface area contributed by atoms with Gasteiger partial charge in [0, 0.05) is 12.5 Å². The van der Waals surface area contributed by atoms with Crippen LogP contribution in [0.5, 0.6) is 0 Å². The molecule has 0 saturated carbocycles. The number of aromatic nitrogens is 2. The fraction of sp³-hybridized carbons (Fsp3) is 0.462. The quantitative estimate of drug-likeness (QED) is 0.753. The maximum absolute atomic E-state index is 12.2. The minimum absolute atomic E-state index is 0.00678. The van der Waals surface area contributed by atoms with Crippen LogP contribution in [0.3, 0.4) is 0 Å². The van der Waals surface area contributed by atoms with Crippen molar-refractivity contribution in [2.75, 3.05) is 6.54 Å². The van der Waals surface area contributed by atoms with Crippen molar-refractivity contribution in [3.8, 4) is 0 Å². The van der Waals surface area contributed by atoms with Crippen LogP contribution in [-0.4, -0.2) is 30.0 Å². The Morgan fingerprint density at radius 1 is 1.52 bits per heavy atom. The third kappa shape index (κ3) is 3.70. The highest BCUT2D eigenvalue weighted by molar-refractivity contribution is 7.89. The average Bonchev–Trinajstić information content (AvgIpc) is 3.07. The predicted octanol–water partition coefficient (Wildman–Crippen LogP) is 1.78. The summed E-state index contributed by atoms with van der Waals surface area (Å²) in [6.45, 7) is 5.31. The Morgan fingerprint density at radius 2 is 2.24 bits per heavy atom. The Labute approximate surface area is 128 Å². The lowest BCUT2D eigenvalue weighted by molar-refractivity contribution is 0.0632. The van der Waals surface area contributed by atoms with Gasteiger partial charge in [-0.15, -0.1) is 0 Å². The first-order valence-electron chi connectivity index (χ1n) is 6.52. The van der Waals surface area contributed by atoms with Crippen LogP contribution in [0.15, 0.2) is 28.0 Å². The zero-order valence-electron chi connectivity index (χ0n) is 12.1. The molecule has 0 spiro atoms. The van der Waals surface area contributed by atoms with Crippen LogP contribution in [0, 0.1) is 0 Å². The molecule has 116 valence electrons. The minimum Gasteiger partial charge on any atom is -0.384 e. The van der Waals surface area contributed by atoms with Gasteiger partial charge in [0.2, 0.25) is 0 Å². The summed E-state index contributed by atoms with van der Waals surface area (Å²) >= 11 is 1.45. The molecule has 2 heterocycles. The van der Waals surface area contributed by atoms with E-state index < -0.39 is 15.6 Å². The Bertz CT molecular complexity index is 688. The molecular formula is C13H19N3O3S2. The van der Waals surface area contributed by atoms with Gasteiger partial charge < -0.3 is 10.1 Å². The third-order valence-corrected chi connectivity index (χ3v) is 5.15. The molecule has 1 unspecified atom stereocenters. The van der Waals surface area contributed by atoms with Gasteiger partial charge in [0.25, 0.3) is 10.0 Å². The summed E-state index contributed by atoms with van der Waals surface area (Å²) in [6, 6.07) is 1.77. The van der Waals surface area contributed by atoms with Gasteiger partial charge in [-0.3, -0.25) is 0 Å². The van der Waals surface area contributed by atoms with Gasteiger partial charge in [-0.1, -0.05) is 13.8 Å². The van der Waals surface area contributed by atoms with Crippen molar-refractivity contribution in [1.29, 1.82) is 0 Å².